The maximum absolute atomic E-state index is 6.72. The summed E-state index contributed by atoms with van der Waals surface area (Å²) in [6.45, 7) is 2.21. The second kappa shape index (κ2) is 8.23. The van der Waals surface area contributed by atoms with Crippen molar-refractivity contribution < 1.29 is 0 Å². The van der Waals surface area contributed by atoms with Crippen LogP contribution in [0.2, 0.25) is 5.02 Å². The van der Waals surface area contributed by atoms with E-state index in [9.17, 15) is 0 Å². The Balaban J connectivity index is 1.55. The number of hydrogen-bond acceptors (Lipinski definition) is 0. The highest BCUT2D eigenvalue weighted by Crippen LogP contribution is 2.48. The summed E-state index contributed by atoms with van der Waals surface area (Å²) in [5, 5.41) is 3.89. The van der Waals surface area contributed by atoms with Gasteiger partial charge in [-0.1, -0.05) is 84.6 Å². The first-order valence-electron chi connectivity index (χ1n) is 12.4. The molecular formula is C31H31Cl. The molecule has 32 heavy (non-hydrogen) atoms. The lowest BCUT2D eigenvalue weighted by molar-refractivity contribution is 0.648. The quantitative estimate of drug-likeness (QED) is 0.382. The van der Waals surface area contributed by atoms with E-state index in [2.05, 4.69) is 67.6 Å². The SMILES string of the molecule is Cc1cccc(Cl)c1CC1CC2=C(C=CCC2)c2ccc3c(C4CCCC4)cccc3c21. The Bertz CT molecular complexity index is 1230. The Labute approximate surface area is 197 Å². The predicted octanol–water partition coefficient (Wildman–Crippen LogP) is 9.29. The zero-order chi connectivity index (χ0) is 21.7. The molecule has 3 aromatic carbocycles. The van der Waals surface area contributed by atoms with Crippen LogP contribution in [0.1, 0.15) is 84.6 Å². The van der Waals surface area contributed by atoms with Gasteiger partial charge in [0.1, 0.15) is 0 Å². The zero-order valence-electron chi connectivity index (χ0n) is 19.0. The Morgan fingerprint density at radius 3 is 2.62 bits per heavy atom. The van der Waals surface area contributed by atoms with Crippen LogP contribution in [0.4, 0.5) is 0 Å². The van der Waals surface area contributed by atoms with Crippen molar-refractivity contribution in [2.45, 2.75) is 70.1 Å². The summed E-state index contributed by atoms with van der Waals surface area (Å²) in [5.41, 5.74) is 10.4. The van der Waals surface area contributed by atoms with Crippen molar-refractivity contribution in [2.75, 3.05) is 0 Å². The van der Waals surface area contributed by atoms with E-state index in [4.69, 9.17) is 11.6 Å². The van der Waals surface area contributed by atoms with Crippen molar-refractivity contribution in [3.63, 3.8) is 0 Å². The molecule has 0 aliphatic heterocycles. The van der Waals surface area contributed by atoms with E-state index in [0.717, 1.165) is 23.8 Å². The molecule has 0 N–H and O–H groups in total. The molecule has 3 aliphatic rings. The molecule has 0 saturated heterocycles. The molecule has 3 aliphatic carbocycles. The Morgan fingerprint density at radius 1 is 0.938 bits per heavy atom. The maximum Gasteiger partial charge on any atom is 0.0440 e. The summed E-state index contributed by atoms with van der Waals surface area (Å²) in [6.07, 6.45) is 14.7. The molecule has 1 atom stereocenters. The third kappa shape index (κ3) is 3.35. The fourth-order valence-corrected chi connectivity index (χ4v) is 6.92. The molecule has 0 radical (unpaired) electrons. The zero-order valence-corrected chi connectivity index (χ0v) is 19.7. The topological polar surface area (TPSA) is 0 Å². The molecule has 0 nitrogen and oxygen atoms in total. The Kier molecular flexibility index (Phi) is 5.22. The molecule has 6 rings (SSSR count). The smallest absolute Gasteiger partial charge is 0.0440 e. The molecule has 0 amide bonds. The second-order valence-electron chi connectivity index (χ2n) is 10.0. The highest BCUT2D eigenvalue weighted by atomic mass is 35.5. The van der Waals surface area contributed by atoms with Crippen molar-refractivity contribution in [3.8, 4) is 0 Å². The van der Waals surface area contributed by atoms with Crippen molar-refractivity contribution in [1.82, 2.24) is 0 Å². The monoisotopic (exact) mass is 438 g/mol. The van der Waals surface area contributed by atoms with E-state index in [1.807, 2.05) is 0 Å². The number of rotatable bonds is 3. The Hall–Kier alpha value is -2.31. The lowest BCUT2D eigenvalue weighted by atomic mass is 9.71. The molecule has 1 saturated carbocycles. The van der Waals surface area contributed by atoms with Crippen molar-refractivity contribution >= 4 is 27.9 Å². The number of benzene rings is 3. The molecule has 0 aromatic heterocycles. The van der Waals surface area contributed by atoms with Gasteiger partial charge in [0.05, 0.1) is 0 Å². The molecule has 1 heteroatoms. The van der Waals surface area contributed by atoms with Crippen LogP contribution >= 0.6 is 11.6 Å². The van der Waals surface area contributed by atoms with E-state index in [-0.39, 0.29) is 0 Å². The largest absolute Gasteiger partial charge is 0.0840 e. The summed E-state index contributed by atoms with van der Waals surface area (Å²) in [6, 6.07) is 18.3. The van der Waals surface area contributed by atoms with Crippen LogP contribution in [-0.2, 0) is 6.42 Å². The van der Waals surface area contributed by atoms with Crippen LogP contribution in [0.25, 0.3) is 16.3 Å². The summed E-state index contributed by atoms with van der Waals surface area (Å²) in [5.74, 6) is 1.21. The fraction of sp³-hybridized carbons (Fsp3) is 0.355. The first kappa shape index (κ1) is 20.3. The normalized spacial score (nSPS) is 20.6. The summed E-state index contributed by atoms with van der Waals surface area (Å²) >= 11 is 6.72. The van der Waals surface area contributed by atoms with Crippen LogP contribution in [0, 0.1) is 6.92 Å². The first-order chi connectivity index (χ1) is 15.7. The summed E-state index contributed by atoms with van der Waals surface area (Å²) < 4.78 is 0. The molecule has 0 heterocycles. The van der Waals surface area contributed by atoms with Crippen molar-refractivity contribution in [2.24, 2.45) is 0 Å². The maximum atomic E-state index is 6.72. The molecule has 162 valence electrons. The minimum Gasteiger partial charge on any atom is -0.0840 e. The van der Waals surface area contributed by atoms with Gasteiger partial charge in [0.2, 0.25) is 0 Å². The highest BCUT2D eigenvalue weighted by Gasteiger charge is 2.30. The van der Waals surface area contributed by atoms with E-state index >= 15 is 0 Å². The van der Waals surface area contributed by atoms with Crippen molar-refractivity contribution in [3.05, 3.63) is 99.1 Å². The van der Waals surface area contributed by atoms with E-state index in [0.29, 0.717) is 5.92 Å². The van der Waals surface area contributed by atoms with Gasteiger partial charge < -0.3 is 0 Å². The molecule has 3 aromatic rings. The lowest BCUT2D eigenvalue weighted by Gasteiger charge is -2.33. The van der Waals surface area contributed by atoms with Gasteiger partial charge in [-0.25, -0.2) is 0 Å². The van der Waals surface area contributed by atoms with Gasteiger partial charge in [-0.15, -0.1) is 0 Å². The lowest BCUT2D eigenvalue weighted by Crippen LogP contribution is -2.16. The van der Waals surface area contributed by atoms with Gasteiger partial charge in [0.25, 0.3) is 0 Å². The number of aryl methyl sites for hydroxylation is 1. The molecule has 1 unspecified atom stereocenters. The van der Waals surface area contributed by atoms with Crippen LogP contribution in [0.15, 0.2) is 66.3 Å². The first-order valence-corrected chi connectivity index (χ1v) is 12.8. The van der Waals surface area contributed by atoms with Crippen LogP contribution in [0.5, 0.6) is 0 Å². The standard InChI is InChI=1S/C31H31Cl/c1-20-8-6-15-30(32)29(20)19-23-18-22-11-4-5-12-25(22)28-17-16-26-24(21-9-2-3-10-21)13-7-14-27(26)31(23)28/h5-8,12-17,21,23H,2-4,9-11,18-19H2,1H3. The average Bonchev–Trinajstić information content (AvgIpc) is 3.35. The second-order valence-corrected chi connectivity index (χ2v) is 10.5. The van der Waals surface area contributed by atoms with Crippen LogP contribution in [0.3, 0.4) is 0 Å². The number of halogens is 1. The van der Waals surface area contributed by atoms with Gasteiger partial charge in [-0.2, -0.15) is 0 Å². The van der Waals surface area contributed by atoms with Crippen molar-refractivity contribution in [1.29, 1.82) is 0 Å². The predicted molar refractivity (Wildman–Crippen MR) is 138 cm³/mol. The average molecular weight is 439 g/mol. The van der Waals surface area contributed by atoms with Gasteiger partial charge in [0.15, 0.2) is 0 Å². The minimum atomic E-state index is 0.483. The van der Waals surface area contributed by atoms with E-state index in [1.54, 1.807) is 16.7 Å². The third-order valence-corrected chi connectivity index (χ3v) is 8.56. The number of hydrogen-bond donors (Lipinski definition) is 0. The third-order valence-electron chi connectivity index (χ3n) is 8.20. The molecule has 0 spiro atoms. The molecular weight excluding hydrogens is 408 g/mol. The fourth-order valence-electron chi connectivity index (χ4n) is 6.62. The van der Waals surface area contributed by atoms with Crippen LogP contribution in [-0.4, -0.2) is 0 Å². The van der Waals surface area contributed by atoms with Crippen LogP contribution < -0.4 is 0 Å². The van der Waals surface area contributed by atoms with E-state index < -0.39 is 0 Å². The van der Waals surface area contributed by atoms with Gasteiger partial charge >= 0.3 is 0 Å². The van der Waals surface area contributed by atoms with Gasteiger partial charge in [-0.3, -0.25) is 0 Å². The number of allylic oxidation sites excluding steroid dienone is 4. The van der Waals surface area contributed by atoms with Gasteiger partial charge in [-0.05, 0) is 108 Å². The summed E-state index contributed by atoms with van der Waals surface area (Å²) in [7, 11) is 0. The van der Waals surface area contributed by atoms with E-state index in [1.165, 1.54) is 71.6 Å². The summed E-state index contributed by atoms with van der Waals surface area (Å²) in [4.78, 5) is 0. The Morgan fingerprint density at radius 2 is 1.78 bits per heavy atom. The highest BCUT2D eigenvalue weighted by molar-refractivity contribution is 6.31. The van der Waals surface area contributed by atoms with Gasteiger partial charge in [0, 0.05) is 5.02 Å². The molecule has 1 fully saturated rings. The molecule has 0 bridgehead atoms. The number of fused-ring (bicyclic) bond motifs is 4. The minimum absolute atomic E-state index is 0.483.